The van der Waals surface area contributed by atoms with Crippen LogP contribution in [0.1, 0.15) is 31.1 Å². The van der Waals surface area contributed by atoms with Crippen LogP contribution in [0.4, 0.5) is 0 Å². The molecule has 1 aromatic heterocycles. The van der Waals surface area contributed by atoms with Crippen molar-refractivity contribution in [2.24, 2.45) is 0 Å². The summed E-state index contributed by atoms with van der Waals surface area (Å²) in [6, 6.07) is 3.89. The van der Waals surface area contributed by atoms with Gasteiger partial charge < -0.3 is 19.7 Å². The van der Waals surface area contributed by atoms with E-state index >= 15 is 0 Å². The molecular weight excluding hydrogens is 304 g/mol. The molecule has 0 radical (unpaired) electrons. The molecule has 124 valence electrons. The zero-order valence-electron chi connectivity index (χ0n) is 12.8. The van der Waals surface area contributed by atoms with Gasteiger partial charge in [-0.2, -0.15) is 0 Å². The van der Waals surface area contributed by atoms with Crippen molar-refractivity contribution < 1.29 is 28.2 Å². The van der Waals surface area contributed by atoms with Crippen molar-refractivity contribution in [3.05, 3.63) is 24.2 Å². The summed E-state index contributed by atoms with van der Waals surface area (Å²) in [5.74, 6) is 0.938. The van der Waals surface area contributed by atoms with Gasteiger partial charge in [0.2, 0.25) is 0 Å². The van der Waals surface area contributed by atoms with E-state index in [1.165, 1.54) is 24.2 Å². The average Bonchev–Trinajstić information content (AvgIpc) is 3.09. The first kappa shape index (κ1) is 16.0. The minimum Gasteiger partial charge on any atom is -0.463 e. The Morgan fingerprint density at radius 2 is 2.09 bits per heavy atom. The Labute approximate surface area is 131 Å². The van der Waals surface area contributed by atoms with Crippen molar-refractivity contribution in [1.29, 1.82) is 0 Å². The smallest absolute Gasteiger partial charge is 0.195 e. The number of nitrogens with two attached hydrogens (primary N) is 1. The van der Waals surface area contributed by atoms with Gasteiger partial charge in [-0.1, -0.05) is 0 Å². The number of aliphatic hydroxyl groups excluding tert-OH is 1. The van der Waals surface area contributed by atoms with E-state index < -0.39 is 15.9 Å². The maximum Gasteiger partial charge on any atom is 0.195 e. The maximum atomic E-state index is 11.6. The van der Waals surface area contributed by atoms with E-state index in [9.17, 15) is 13.5 Å². The van der Waals surface area contributed by atoms with E-state index in [2.05, 4.69) is 0 Å². The Morgan fingerprint density at radius 1 is 1.32 bits per heavy atom. The van der Waals surface area contributed by atoms with Gasteiger partial charge in [-0.25, -0.2) is 8.42 Å². The summed E-state index contributed by atoms with van der Waals surface area (Å²) in [4.78, 5) is 1.51. The number of likely N-dealkylation sites (tertiary alicyclic amines) is 1. The Kier molecular flexibility index (Phi) is 4.87. The highest BCUT2D eigenvalue weighted by Crippen LogP contribution is 2.12. The molecule has 6 nitrogen and oxygen atoms in total. The van der Waals surface area contributed by atoms with Crippen LogP contribution in [0.15, 0.2) is 22.8 Å². The lowest BCUT2D eigenvalue weighted by molar-refractivity contribution is -0.951. The Morgan fingerprint density at radius 3 is 2.68 bits per heavy atom. The van der Waals surface area contributed by atoms with Gasteiger partial charge in [0.15, 0.2) is 21.6 Å². The lowest BCUT2D eigenvalue weighted by Gasteiger charge is -2.30. The Hall–Kier alpha value is -0.890. The summed E-state index contributed by atoms with van der Waals surface area (Å²) in [5, 5.41) is 11.9. The minimum atomic E-state index is -3.08. The molecule has 2 saturated heterocycles. The van der Waals surface area contributed by atoms with Crippen LogP contribution in [0.5, 0.6) is 0 Å². The highest BCUT2D eigenvalue weighted by molar-refractivity contribution is 7.91. The van der Waals surface area contributed by atoms with Crippen molar-refractivity contribution >= 4 is 9.84 Å². The van der Waals surface area contributed by atoms with E-state index in [0.717, 1.165) is 25.4 Å². The van der Waals surface area contributed by atoms with Gasteiger partial charge >= 0.3 is 0 Å². The highest BCUT2D eigenvalue weighted by Gasteiger charge is 2.40. The van der Waals surface area contributed by atoms with Crippen LogP contribution in [-0.2, 0) is 9.84 Å². The SMILES string of the molecule is O=S1(=O)C[C@H]([NH2+]C[C@@H](c2ccco2)[NH+]2CCCCC2)[C@@H](O)C1. The van der Waals surface area contributed by atoms with E-state index in [1.54, 1.807) is 6.26 Å². The van der Waals surface area contributed by atoms with E-state index in [1.807, 2.05) is 17.4 Å². The van der Waals surface area contributed by atoms with Gasteiger partial charge in [-0.15, -0.1) is 0 Å². The van der Waals surface area contributed by atoms with Crippen molar-refractivity contribution in [2.75, 3.05) is 31.1 Å². The predicted molar refractivity (Wildman–Crippen MR) is 81.2 cm³/mol. The molecule has 3 atom stereocenters. The van der Waals surface area contributed by atoms with Crippen LogP contribution in [-0.4, -0.2) is 56.8 Å². The Bertz CT molecular complexity index is 566. The third-order valence-electron chi connectivity index (χ3n) is 4.92. The molecule has 7 heteroatoms. The summed E-state index contributed by atoms with van der Waals surface area (Å²) >= 11 is 0. The molecule has 0 aliphatic carbocycles. The third-order valence-corrected chi connectivity index (χ3v) is 6.66. The van der Waals surface area contributed by atoms with E-state index in [4.69, 9.17) is 4.42 Å². The van der Waals surface area contributed by atoms with Gasteiger partial charge in [0.25, 0.3) is 0 Å². The van der Waals surface area contributed by atoms with Crippen LogP contribution in [0.25, 0.3) is 0 Å². The number of aliphatic hydroxyl groups is 1. The van der Waals surface area contributed by atoms with Gasteiger partial charge in [0, 0.05) is 0 Å². The number of sulfone groups is 1. The average molecular weight is 330 g/mol. The van der Waals surface area contributed by atoms with Crippen LogP contribution in [0, 0.1) is 0 Å². The summed E-state index contributed by atoms with van der Waals surface area (Å²) in [5.41, 5.74) is 0. The molecule has 0 aromatic carbocycles. The van der Waals surface area contributed by atoms with Crippen LogP contribution in [0.3, 0.4) is 0 Å². The molecule has 2 fully saturated rings. The van der Waals surface area contributed by atoms with Crippen molar-refractivity contribution in [3.8, 4) is 0 Å². The number of hydrogen-bond donors (Lipinski definition) is 3. The van der Waals surface area contributed by atoms with Gasteiger partial charge in [0.1, 0.15) is 24.4 Å². The second-order valence-corrected chi connectivity index (χ2v) is 8.72. The lowest BCUT2D eigenvalue weighted by Crippen LogP contribution is -3.16. The molecule has 22 heavy (non-hydrogen) atoms. The van der Waals surface area contributed by atoms with Crippen LogP contribution in [0.2, 0.25) is 0 Å². The van der Waals surface area contributed by atoms with Gasteiger partial charge in [-0.05, 0) is 31.4 Å². The van der Waals surface area contributed by atoms with Crippen molar-refractivity contribution in [2.45, 2.75) is 37.5 Å². The molecule has 3 heterocycles. The molecule has 0 bridgehead atoms. The normalized spacial score (nSPS) is 30.4. The molecule has 3 rings (SSSR count). The number of piperidine rings is 1. The molecule has 0 amide bonds. The first-order valence-electron chi connectivity index (χ1n) is 8.15. The van der Waals surface area contributed by atoms with Gasteiger partial charge in [-0.3, -0.25) is 0 Å². The largest absolute Gasteiger partial charge is 0.463 e. The summed E-state index contributed by atoms with van der Waals surface area (Å²) < 4.78 is 28.9. The van der Waals surface area contributed by atoms with Gasteiger partial charge in [0.05, 0.1) is 25.1 Å². The van der Waals surface area contributed by atoms with E-state index in [0.29, 0.717) is 0 Å². The zero-order chi connectivity index (χ0) is 15.6. The molecule has 2 aliphatic heterocycles. The zero-order valence-corrected chi connectivity index (χ0v) is 13.6. The number of rotatable bonds is 5. The number of quaternary nitrogens is 2. The monoisotopic (exact) mass is 330 g/mol. The van der Waals surface area contributed by atoms with Crippen molar-refractivity contribution in [3.63, 3.8) is 0 Å². The lowest BCUT2D eigenvalue weighted by atomic mass is 10.1. The number of nitrogens with one attached hydrogen (secondary N) is 1. The summed E-state index contributed by atoms with van der Waals surface area (Å²) in [7, 11) is -3.08. The fourth-order valence-electron chi connectivity index (χ4n) is 3.72. The first-order valence-corrected chi connectivity index (χ1v) is 9.97. The fourth-order valence-corrected chi connectivity index (χ4v) is 5.57. The molecular formula is C15H26N2O4S+2. The molecule has 0 unspecified atom stereocenters. The molecule has 1 aromatic rings. The molecule has 0 saturated carbocycles. The molecule has 4 N–H and O–H groups in total. The number of hydrogen-bond acceptors (Lipinski definition) is 4. The highest BCUT2D eigenvalue weighted by atomic mass is 32.2. The van der Waals surface area contributed by atoms with Crippen LogP contribution < -0.4 is 10.2 Å². The third kappa shape index (κ3) is 3.71. The maximum absolute atomic E-state index is 11.6. The summed E-state index contributed by atoms with van der Waals surface area (Å²) in [6.45, 7) is 3.01. The van der Waals surface area contributed by atoms with Crippen molar-refractivity contribution in [1.82, 2.24) is 0 Å². The predicted octanol–water partition coefficient (Wildman–Crippen LogP) is -1.89. The quantitative estimate of drug-likeness (QED) is 0.589. The number of furan rings is 1. The molecule has 0 spiro atoms. The molecule has 2 aliphatic rings. The first-order chi connectivity index (χ1) is 10.6. The Balaban J connectivity index is 1.65. The van der Waals surface area contributed by atoms with E-state index in [-0.39, 0.29) is 23.6 Å². The topological polar surface area (TPSA) is 88.6 Å². The van der Waals surface area contributed by atoms with Crippen LogP contribution >= 0.6 is 0 Å². The minimum absolute atomic E-state index is 0.0778. The second kappa shape index (κ2) is 6.70. The standard InChI is InChI=1S/C15H24N2O4S/c18-14-11-22(19,20)10-12(14)16-9-13(15-5-4-8-21-15)17-6-2-1-3-7-17/h4-5,8,12-14,16,18H,1-3,6-7,9-11H2/p+2/t12-,13-,14-/m0/s1. The summed E-state index contributed by atoms with van der Waals surface area (Å²) in [6.07, 6.45) is 4.69. The fraction of sp³-hybridized carbons (Fsp3) is 0.733. The second-order valence-electron chi connectivity index (χ2n) is 6.57.